The van der Waals surface area contributed by atoms with Crippen LogP contribution in [0, 0.1) is 10.8 Å². The lowest BCUT2D eigenvalue weighted by atomic mass is 9.76. The fraction of sp³-hybridized carbons (Fsp3) is 0.812. The molecule has 0 bridgehead atoms. The van der Waals surface area contributed by atoms with E-state index in [0.29, 0.717) is 11.3 Å². The Hall–Kier alpha value is -0.790. The van der Waals surface area contributed by atoms with Gasteiger partial charge in [-0.15, -0.1) is 6.58 Å². The van der Waals surface area contributed by atoms with Gasteiger partial charge in [-0.1, -0.05) is 40.2 Å². The molecule has 1 amide bonds. The molecule has 0 aromatic carbocycles. The summed E-state index contributed by atoms with van der Waals surface area (Å²) in [6.07, 6.45) is 7.05. The Balaban J connectivity index is 2.67. The van der Waals surface area contributed by atoms with E-state index in [1.807, 2.05) is 6.08 Å². The number of piperidine rings is 1. The third kappa shape index (κ3) is 3.15. The third-order valence-corrected chi connectivity index (χ3v) is 5.00. The Morgan fingerprint density at radius 3 is 2.33 bits per heavy atom. The standard InChI is InChI=1S/C16H29NO/c1-6-9-16(5,8-3)14(18)17-12-10-15(4,7-2)11-13-17/h6H,1,7-13H2,2-5H3. The number of hydrogen-bond donors (Lipinski definition) is 0. The number of carbonyl (C=O) groups excluding carboxylic acids is 1. The quantitative estimate of drug-likeness (QED) is 0.676. The minimum atomic E-state index is -0.248. The Morgan fingerprint density at radius 2 is 1.94 bits per heavy atom. The van der Waals surface area contributed by atoms with Gasteiger partial charge in [0.2, 0.25) is 5.91 Å². The van der Waals surface area contributed by atoms with Crippen LogP contribution in [0.4, 0.5) is 0 Å². The van der Waals surface area contributed by atoms with Crippen molar-refractivity contribution in [3.8, 4) is 0 Å². The first-order chi connectivity index (χ1) is 8.40. The van der Waals surface area contributed by atoms with Gasteiger partial charge in [0.1, 0.15) is 0 Å². The SMILES string of the molecule is C=CCC(C)(CC)C(=O)N1CCC(C)(CC)CC1. The topological polar surface area (TPSA) is 20.3 Å². The van der Waals surface area contributed by atoms with E-state index in [-0.39, 0.29) is 5.41 Å². The van der Waals surface area contributed by atoms with Crippen LogP contribution in [-0.4, -0.2) is 23.9 Å². The molecular formula is C16H29NO. The van der Waals surface area contributed by atoms with Crippen LogP contribution in [0.25, 0.3) is 0 Å². The van der Waals surface area contributed by atoms with Crippen molar-refractivity contribution < 1.29 is 4.79 Å². The molecule has 1 aliphatic rings. The Morgan fingerprint density at radius 1 is 1.39 bits per heavy atom. The first-order valence-corrected chi connectivity index (χ1v) is 7.31. The van der Waals surface area contributed by atoms with Gasteiger partial charge in [0, 0.05) is 18.5 Å². The summed E-state index contributed by atoms with van der Waals surface area (Å²) in [4.78, 5) is 14.7. The van der Waals surface area contributed by atoms with Gasteiger partial charge in [-0.25, -0.2) is 0 Å². The lowest BCUT2D eigenvalue weighted by Crippen LogP contribution is -2.47. The van der Waals surface area contributed by atoms with Crippen molar-refractivity contribution in [2.24, 2.45) is 10.8 Å². The Bertz CT molecular complexity index is 302. The van der Waals surface area contributed by atoms with Gasteiger partial charge in [0.25, 0.3) is 0 Å². The van der Waals surface area contributed by atoms with Crippen molar-refractivity contribution in [3.05, 3.63) is 12.7 Å². The highest BCUT2D eigenvalue weighted by molar-refractivity contribution is 5.82. The van der Waals surface area contributed by atoms with Gasteiger partial charge in [-0.2, -0.15) is 0 Å². The second-order valence-corrected chi connectivity index (χ2v) is 6.36. The maximum absolute atomic E-state index is 12.6. The number of carbonyl (C=O) groups is 1. The predicted molar refractivity (Wildman–Crippen MR) is 77.4 cm³/mol. The van der Waals surface area contributed by atoms with E-state index in [1.165, 1.54) is 6.42 Å². The number of allylic oxidation sites excluding steroid dienone is 1. The minimum Gasteiger partial charge on any atom is -0.342 e. The molecule has 0 spiro atoms. The number of amides is 1. The summed E-state index contributed by atoms with van der Waals surface area (Å²) in [7, 11) is 0. The molecule has 0 radical (unpaired) electrons. The van der Waals surface area contributed by atoms with Crippen LogP contribution in [0.2, 0.25) is 0 Å². The maximum Gasteiger partial charge on any atom is 0.228 e. The zero-order valence-corrected chi connectivity index (χ0v) is 12.6. The zero-order chi connectivity index (χ0) is 13.8. The van der Waals surface area contributed by atoms with Crippen LogP contribution < -0.4 is 0 Å². The van der Waals surface area contributed by atoms with E-state index >= 15 is 0 Å². The highest BCUT2D eigenvalue weighted by atomic mass is 16.2. The molecule has 18 heavy (non-hydrogen) atoms. The molecule has 104 valence electrons. The van der Waals surface area contributed by atoms with E-state index < -0.39 is 0 Å². The first-order valence-electron chi connectivity index (χ1n) is 7.31. The van der Waals surface area contributed by atoms with E-state index in [0.717, 1.165) is 38.8 Å². The van der Waals surface area contributed by atoms with Gasteiger partial charge in [0.05, 0.1) is 0 Å². The molecule has 1 rings (SSSR count). The van der Waals surface area contributed by atoms with Crippen LogP contribution in [0.3, 0.4) is 0 Å². The molecule has 1 unspecified atom stereocenters. The van der Waals surface area contributed by atoms with E-state index in [1.54, 1.807) is 0 Å². The summed E-state index contributed by atoms with van der Waals surface area (Å²) < 4.78 is 0. The van der Waals surface area contributed by atoms with Crippen LogP contribution in [-0.2, 0) is 4.79 Å². The Labute approximate surface area is 112 Å². The summed E-state index contributed by atoms with van der Waals surface area (Å²) in [6.45, 7) is 14.4. The summed E-state index contributed by atoms with van der Waals surface area (Å²) in [5, 5.41) is 0. The van der Waals surface area contributed by atoms with Crippen LogP contribution in [0.5, 0.6) is 0 Å². The molecular weight excluding hydrogens is 222 g/mol. The van der Waals surface area contributed by atoms with Crippen molar-refractivity contribution in [2.45, 2.75) is 59.8 Å². The van der Waals surface area contributed by atoms with Gasteiger partial charge >= 0.3 is 0 Å². The lowest BCUT2D eigenvalue weighted by Gasteiger charge is -2.42. The molecule has 0 aromatic heterocycles. The fourth-order valence-electron chi connectivity index (χ4n) is 2.69. The smallest absolute Gasteiger partial charge is 0.228 e. The van der Waals surface area contributed by atoms with Crippen molar-refractivity contribution >= 4 is 5.91 Å². The highest BCUT2D eigenvalue weighted by Gasteiger charge is 2.37. The molecule has 2 heteroatoms. The highest BCUT2D eigenvalue weighted by Crippen LogP contribution is 2.36. The fourth-order valence-corrected chi connectivity index (χ4v) is 2.69. The monoisotopic (exact) mass is 251 g/mol. The van der Waals surface area contributed by atoms with Crippen LogP contribution in [0.1, 0.15) is 59.8 Å². The predicted octanol–water partition coefficient (Wildman–Crippen LogP) is 4.02. The normalized spacial score (nSPS) is 22.3. The number of rotatable bonds is 5. The lowest BCUT2D eigenvalue weighted by molar-refractivity contribution is -0.143. The third-order valence-electron chi connectivity index (χ3n) is 5.00. The molecule has 1 heterocycles. The van der Waals surface area contributed by atoms with Crippen LogP contribution >= 0.6 is 0 Å². The van der Waals surface area contributed by atoms with E-state index in [9.17, 15) is 4.79 Å². The molecule has 0 aliphatic carbocycles. The largest absolute Gasteiger partial charge is 0.342 e. The summed E-state index contributed by atoms with van der Waals surface area (Å²) in [5.41, 5.74) is 0.194. The molecule has 1 fully saturated rings. The van der Waals surface area contributed by atoms with Crippen molar-refractivity contribution in [1.82, 2.24) is 4.90 Å². The molecule has 2 nitrogen and oxygen atoms in total. The molecule has 1 atom stereocenters. The van der Waals surface area contributed by atoms with Crippen molar-refractivity contribution in [1.29, 1.82) is 0 Å². The summed E-state index contributed by atoms with van der Waals surface area (Å²) in [6, 6.07) is 0. The number of likely N-dealkylation sites (tertiary alicyclic amines) is 1. The summed E-state index contributed by atoms with van der Waals surface area (Å²) in [5.74, 6) is 0.322. The molecule has 0 N–H and O–H groups in total. The van der Waals surface area contributed by atoms with Gasteiger partial charge in [-0.05, 0) is 31.1 Å². The molecule has 0 aromatic rings. The van der Waals surface area contributed by atoms with Gasteiger partial charge in [-0.3, -0.25) is 4.79 Å². The molecule has 0 saturated carbocycles. The summed E-state index contributed by atoms with van der Waals surface area (Å²) >= 11 is 0. The van der Waals surface area contributed by atoms with Gasteiger partial charge in [0.15, 0.2) is 0 Å². The minimum absolute atomic E-state index is 0.248. The number of nitrogens with zero attached hydrogens (tertiary/aromatic N) is 1. The average molecular weight is 251 g/mol. The second kappa shape index (κ2) is 5.90. The van der Waals surface area contributed by atoms with Crippen molar-refractivity contribution in [2.75, 3.05) is 13.1 Å². The number of hydrogen-bond acceptors (Lipinski definition) is 1. The molecule has 1 aliphatic heterocycles. The van der Waals surface area contributed by atoms with Gasteiger partial charge < -0.3 is 4.90 Å². The van der Waals surface area contributed by atoms with E-state index in [2.05, 4.69) is 39.2 Å². The van der Waals surface area contributed by atoms with Crippen LogP contribution in [0.15, 0.2) is 12.7 Å². The zero-order valence-electron chi connectivity index (χ0n) is 12.6. The Kier molecular flexibility index (Phi) is 5.01. The first kappa shape index (κ1) is 15.3. The average Bonchev–Trinajstić information content (AvgIpc) is 2.39. The maximum atomic E-state index is 12.6. The van der Waals surface area contributed by atoms with Crippen molar-refractivity contribution in [3.63, 3.8) is 0 Å². The van der Waals surface area contributed by atoms with E-state index in [4.69, 9.17) is 0 Å². The molecule has 1 saturated heterocycles. The second-order valence-electron chi connectivity index (χ2n) is 6.36.